The first-order valence-electron chi connectivity index (χ1n) is 9.38. The Morgan fingerprint density at radius 2 is 1.97 bits per heavy atom. The summed E-state index contributed by atoms with van der Waals surface area (Å²) in [5, 5.41) is 0. The number of nitrogens with zero attached hydrogens (tertiary/aromatic N) is 1. The number of ether oxygens (including phenoxy) is 3. The number of ketones is 1. The minimum Gasteiger partial charge on any atom is -0.454 e. The van der Waals surface area contributed by atoms with Gasteiger partial charge in [0, 0.05) is 30.1 Å². The van der Waals surface area contributed by atoms with Crippen LogP contribution in [0, 0.1) is 13.8 Å². The first kappa shape index (κ1) is 21.0. The fourth-order valence-electron chi connectivity index (χ4n) is 3.42. The quantitative estimate of drug-likeness (QED) is 0.490. The summed E-state index contributed by atoms with van der Waals surface area (Å²) in [6, 6.07) is 6.87. The minimum atomic E-state index is -2.94. The number of Topliss-reactive ketones (excluding diaryl/α,β-unsaturated/α-hetero) is 1. The van der Waals surface area contributed by atoms with Crippen molar-refractivity contribution in [2.24, 2.45) is 0 Å². The fraction of sp³-hybridized carbons (Fsp3) is 0.429. The Morgan fingerprint density at radius 3 is 2.59 bits per heavy atom. The molecule has 1 saturated heterocycles. The molecule has 0 radical (unpaired) electrons. The predicted molar refractivity (Wildman–Crippen MR) is 101 cm³/mol. The molecule has 0 bridgehead atoms. The van der Waals surface area contributed by atoms with E-state index in [-0.39, 0.29) is 23.2 Å². The number of halogens is 2. The third kappa shape index (κ3) is 5.20. The van der Waals surface area contributed by atoms with Gasteiger partial charge in [-0.25, -0.2) is 4.79 Å². The van der Waals surface area contributed by atoms with Crippen molar-refractivity contribution in [1.82, 2.24) is 4.57 Å². The van der Waals surface area contributed by atoms with Crippen LogP contribution in [-0.4, -0.2) is 42.2 Å². The highest BCUT2D eigenvalue weighted by Gasteiger charge is 2.22. The topological polar surface area (TPSA) is 66.8 Å². The van der Waals surface area contributed by atoms with Gasteiger partial charge in [0.2, 0.25) is 5.78 Å². The van der Waals surface area contributed by atoms with Crippen LogP contribution >= 0.6 is 0 Å². The van der Waals surface area contributed by atoms with Gasteiger partial charge in [0.1, 0.15) is 5.75 Å². The lowest BCUT2D eigenvalue weighted by atomic mass is 10.1. The van der Waals surface area contributed by atoms with Crippen LogP contribution in [0.5, 0.6) is 5.75 Å². The summed E-state index contributed by atoms with van der Waals surface area (Å²) in [5.74, 6) is -1.08. The highest BCUT2D eigenvalue weighted by Crippen LogP contribution is 2.21. The van der Waals surface area contributed by atoms with Gasteiger partial charge in [-0.15, -0.1) is 0 Å². The number of aryl methyl sites for hydroxylation is 1. The van der Waals surface area contributed by atoms with E-state index in [0.717, 1.165) is 30.8 Å². The summed E-state index contributed by atoms with van der Waals surface area (Å²) >= 11 is 0. The molecule has 1 aliphatic rings. The van der Waals surface area contributed by atoms with Crippen molar-refractivity contribution in [3.8, 4) is 5.75 Å². The molecule has 0 amide bonds. The Bertz CT molecular complexity index is 870. The third-order valence-electron chi connectivity index (χ3n) is 4.93. The molecule has 0 spiro atoms. The molecular weight excluding hydrogens is 384 g/mol. The second-order valence-corrected chi connectivity index (χ2v) is 6.93. The van der Waals surface area contributed by atoms with E-state index < -0.39 is 19.2 Å². The molecule has 3 rings (SSSR count). The van der Waals surface area contributed by atoms with Gasteiger partial charge in [0.05, 0.1) is 11.7 Å². The number of aromatic nitrogens is 1. The van der Waals surface area contributed by atoms with E-state index >= 15 is 0 Å². The Balaban J connectivity index is 1.59. The summed E-state index contributed by atoms with van der Waals surface area (Å²) in [7, 11) is 0. The molecule has 1 aromatic heterocycles. The normalized spacial score (nSPS) is 16.2. The monoisotopic (exact) mass is 407 g/mol. The Kier molecular flexibility index (Phi) is 6.64. The average molecular weight is 407 g/mol. The van der Waals surface area contributed by atoms with E-state index in [1.807, 2.05) is 18.4 Å². The summed E-state index contributed by atoms with van der Waals surface area (Å²) in [4.78, 5) is 24.7. The SMILES string of the molecule is Cc1cc(C(=O)COC(=O)c2ccc(OC(F)F)cc2)c(C)n1C[C@@H]1CCCO1. The molecule has 1 fully saturated rings. The van der Waals surface area contributed by atoms with Crippen LogP contribution in [0.3, 0.4) is 0 Å². The summed E-state index contributed by atoms with van der Waals surface area (Å²) in [6.07, 6.45) is 2.19. The van der Waals surface area contributed by atoms with Crippen LogP contribution in [0.4, 0.5) is 8.78 Å². The van der Waals surface area contributed by atoms with Crippen molar-refractivity contribution in [3.05, 3.63) is 52.8 Å². The fourth-order valence-corrected chi connectivity index (χ4v) is 3.42. The lowest BCUT2D eigenvalue weighted by molar-refractivity contribution is -0.0498. The van der Waals surface area contributed by atoms with E-state index in [9.17, 15) is 18.4 Å². The standard InChI is InChI=1S/C21H23F2NO5/c1-13-10-18(14(2)24(13)11-17-4-3-9-27-17)19(25)12-28-20(26)15-5-7-16(8-6-15)29-21(22)23/h5-8,10,17,21H,3-4,9,11-12H2,1-2H3/t17-/m0/s1. The third-order valence-corrected chi connectivity index (χ3v) is 4.93. The van der Waals surface area contributed by atoms with Crippen molar-refractivity contribution in [2.75, 3.05) is 13.2 Å². The Hall–Kier alpha value is -2.74. The summed E-state index contributed by atoms with van der Waals surface area (Å²) < 4.78 is 41.4. The minimum absolute atomic E-state index is 0.0636. The average Bonchev–Trinajstić information content (AvgIpc) is 3.30. The zero-order chi connectivity index (χ0) is 21.0. The molecule has 156 valence electrons. The maximum absolute atomic E-state index is 12.6. The maximum atomic E-state index is 12.6. The number of alkyl halides is 2. The molecule has 1 atom stereocenters. The second-order valence-electron chi connectivity index (χ2n) is 6.93. The molecule has 1 aromatic carbocycles. The van der Waals surface area contributed by atoms with E-state index in [1.54, 1.807) is 6.07 Å². The van der Waals surface area contributed by atoms with Gasteiger partial charge < -0.3 is 18.8 Å². The van der Waals surface area contributed by atoms with Crippen molar-refractivity contribution >= 4 is 11.8 Å². The van der Waals surface area contributed by atoms with Crippen molar-refractivity contribution in [1.29, 1.82) is 0 Å². The second kappa shape index (κ2) is 9.17. The zero-order valence-corrected chi connectivity index (χ0v) is 16.3. The van der Waals surface area contributed by atoms with Gasteiger partial charge in [-0.3, -0.25) is 4.79 Å². The Labute approximate surface area is 167 Å². The number of carbonyl (C=O) groups is 2. The molecule has 1 aliphatic heterocycles. The number of hydrogen-bond donors (Lipinski definition) is 0. The molecule has 0 saturated carbocycles. The molecular formula is C21H23F2NO5. The number of benzene rings is 1. The lowest BCUT2D eigenvalue weighted by Crippen LogP contribution is -2.18. The van der Waals surface area contributed by atoms with Crippen LogP contribution in [0.1, 0.15) is 44.9 Å². The van der Waals surface area contributed by atoms with Gasteiger partial charge in [0.15, 0.2) is 6.61 Å². The number of rotatable bonds is 8. The van der Waals surface area contributed by atoms with Crippen LogP contribution < -0.4 is 4.74 Å². The van der Waals surface area contributed by atoms with Crippen molar-refractivity contribution < 1.29 is 32.6 Å². The summed E-state index contributed by atoms with van der Waals surface area (Å²) in [5.41, 5.74) is 2.41. The first-order chi connectivity index (χ1) is 13.8. The largest absolute Gasteiger partial charge is 0.454 e. The van der Waals surface area contributed by atoms with Crippen LogP contribution in [0.15, 0.2) is 30.3 Å². The molecule has 6 nitrogen and oxygen atoms in total. The first-order valence-corrected chi connectivity index (χ1v) is 9.38. The summed E-state index contributed by atoms with van der Waals surface area (Å²) in [6.45, 7) is 1.90. The molecule has 8 heteroatoms. The molecule has 0 N–H and O–H groups in total. The van der Waals surface area contributed by atoms with Gasteiger partial charge in [0.25, 0.3) is 0 Å². The van der Waals surface area contributed by atoms with Gasteiger partial charge in [-0.2, -0.15) is 8.78 Å². The van der Waals surface area contributed by atoms with Crippen molar-refractivity contribution in [2.45, 2.75) is 45.9 Å². The lowest BCUT2D eigenvalue weighted by Gasteiger charge is -2.14. The molecule has 2 aromatic rings. The van der Waals surface area contributed by atoms with Gasteiger partial charge >= 0.3 is 12.6 Å². The van der Waals surface area contributed by atoms with Crippen molar-refractivity contribution in [3.63, 3.8) is 0 Å². The molecule has 0 aliphatic carbocycles. The zero-order valence-electron chi connectivity index (χ0n) is 16.3. The Morgan fingerprint density at radius 1 is 1.24 bits per heavy atom. The number of esters is 1. The smallest absolute Gasteiger partial charge is 0.387 e. The van der Waals surface area contributed by atoms with E-state index in [0.29, 0.717) is 12.1 Å². The van der Waals surface area contributed by atoms with E-state index in [4.69, 9.17) is 9.47 Å². The highest BCUT2D eigenvalue weighted by atomic mass is 19.3. The van der Waals surface area contributed by atoms with Gasteiger partial charge in [-0.05, 0) is 57.0 Å². The van der Waals surface area contributed by atoms with Crippen LogP contribution in [0.2, 0.25) is 0 Å². The van der Waals surface area contributed by atoms with E-state index in [1.165, 1.54) is 24.3 Å². The molecule has 0 unspecified atom stereocenters. The molecule has 2 heterocycles. The predicted octanol–water partition coefficient (Wildman–Crippen LogP) is 3.93. The van der Waals surface area contributed by atoms with Crippen LogP contribution in [0.25, 0.3) is 0 Å². The number of hydrogen-bond acceptors (Lipinski definition) is 5. The highest BCUT2D eigenvalue weighted by molar-refractivity contribution is 6.00. The van der Waals surface area contributed by atoms with E-state index in [2.05, 4.69) is 4.74 Å². The van der Waals surface area contributed by atoms with Gasteiger partial charge in [-0.1, -0.05) is 0 Å². The van der Waals surface area contributed by atoms with Crippen LogP contribution in [-0.2, 0) is 16.0 Å². The molecule has 29 heavy (non-hydrogen) atoms. The maximum Gasteiger partial charge on any atom is 0.387 e. The number of carbonyl (C=O) groups excluding carboxylic acids is 2.